The third-order valence-electron chi connectivity index (χ3n) is 4.08. The van der Waals surface area contributed by atoms with Crippen molar-refractivity contribution < 1.29 is 4.74 Å². The Balaban J connectivity index is 2.81. The minimum Gasteiger partial charge on any atom is -0.380 e. The van der Waals surface area contributed by atoms with E-state index in [1.807, 2.05) is 0 Å². The molecule has 0 amide bonds. The van der Waals surface area contributed by atoms with Gasteiger partial charge in [-0.2, -0.15) is 0 Å². The molecule has 1 rings (SSSR count). The maximum Gasteiger partial charge on any atom is 0.0736 e. The van der Waals surface area contributed by atoms with E-state index in [0.717, 1.165) is 12.5 Å². The van der Waals surface area contributed by atoms with Crippen LogP contribution in [0, 0.1) is 5.92 Å². The Morgan fingerprint density at radius 2 is 2.13 bits per heavy atom. The highest BCUT2D eigenvalue weighted by Gasteiger charge is 2.42. The van der Waals surface area contributed by atoms with Gasteiger partial charge < -0.3 is 10.5 Å². The second kappa shape index (κ2) is 4.81. The highest BCUT2D eigenvalue weighted by molar-refractivity contribution is 4.98. The second-order valence-electron chi connectivity index (χ2n) is 5.28. The number of ether oxygens (including phenoxy) is 1. The summed E-state index contributed by atoms with van der Waals surface area (Å²) >= 11 is 0. The van der Waals surface area contributed by atoms with Crippen LogP contribution in [-0.2, 0) is 4.74 Å². The first-order valence-electron chi connectivity index (χ1n) is 5.95. The number of hydrogen-bond acceptors (Lipinski definition) is 3. The molecule has 1 fully saturated rings. The third-order valence-corrected chi connectivity index (χ3v) is 4.08. The molecule has 0 aliphatic carbocycles. The second-order valence-corrected chi connectivity index (χ2v) is 5.28. The van der Waals surface area contributed by atoms with E-state index < -0.39 is 0 Å². The zero-order valence-electron chi connectivity index (χ0n) is 10.8. The van der Waals surface area contributed by atoms with Gasteiger partial charge in [-0.15, -0.1) is 0 Å². The Morgan fingerprint density at radius 1 is 1.53 bits per heavy atom. The van der Waals surface area contributed by atoms with Gasteiger partial charge in [0, 0.05) is 26.2 Å². The number of methoxy groups -OCH3 is 1. The summed E-state index contributed by atoms with van der Waals surface area (Å²) in [6.07, 6.45) is 1.45. The Morgan fingerprint density at radius 3 is 2.47 bits per heavy atom. The number of nitrogens with zero attached hydrogens (tertiary/aromatic N) is 1. The van der Waals surface area contributed by atoms with Crippen molar-refractivity contribution in [1.82, 2.24) is 4.90 Å². The van der Waals surface area contributed by atoms with E-state index in [4.69, 9.17) is 10.5 Å². The van der Waals surface area contributed by atoms with Crippen LogP contribution in [-0.4, -0.2) is 42.8 Å². The van der Waals surface area contributed by atoms with Crippen LogP contribution in [0.4, 0.5) is 0 Å². The first kappa shape index (κ1) is 12.9. The summed E-state index contributed by atoms with van der Waals surface area (Å²) in [5.74, 6) is 0.773. The molecule has 1 aliphatic rings. The first-order valence-corrected chi connectivity index (χ1v) is 5.95. The van der Waals surface area contributed by atoms with Gasteiger partial charge in [0.1, 0.15) is 0 Å². The molecule has 0 aromatic heterocycles. The normalized spacial score (nSPS) is 34.0. The molecule has 0 spiro atoms. The molecule has 4 atom stereocenters. The van der Waals surface area contributed by atoms with E-state index in [1.165, 1.54) is 6.42 Å². The van der Waals surface area contributed by atoms with E-state index in [9.17, 15) is 0 Å². The summed E-state index contributed by atoms with van der Waals surface area (Å²) in [5.41, 5.74) is 5.92. The molecule has 90 valence electrons. The predicted molar refractivity (Wildman–Crippen MR) is 63.9 cm³/mol. The standard InChI is InChI=1S/C12H26N2O/c1-9-6-10(2)14(7-9)12(4,8-13)11(3)15-5/h9-11H,6-8,13H2,1-5H3. The molecular formula is C12H26N2O. The Hall–Kier alpha value is -0.120. The zero-order chi connectivity index (χ0) is 11.6. The molecule has 2 N–H and O–H groups in total. The van der Waals surface area contributed by atoms with Crippen LogP contribution < -0.4 is 5.73 Å². The molecule has 1 heterocycles. The molecule has 15 heavy (non-hydrogen) atoms. The fraction of sp³-hybridized carbons (Fsp3) is 1.00. The first-order chi connectivity index (χ1) is 6.95. The minimum absolute atomic E-state index is 0.0288. The van der Waals surface area contributed by atoms with E-state index in [0.29, 0.717) is 12.6 Å². The molecule has 0 saturated carbocycles. The quantitative estimate of drug-likeness (QED) is 0.770. The molecule has 0 aromatic carbocycles. The van der Waals surface area contributed by atoms with Crippen molar-refractivity contribution in [2.75, 3.05) is 20.2 Å². The van der Waals surface area contributed by atoms with Crippen LogP contribution in [0.25, 0.3) is 0 Å². The number of rotatable bonds is 4. The van der Waals surface area contributed by atoms with Gasteiger partial charge in [-0.25, -0.2) is 0 Å². The zero-order valence-corrected chi connectivity index (χ0v) is 10.8. The van der Waals surface area contributed by atoms with Crippen molar-refractivity contribution in [3.63, 3.8) is 0 Å². The van der Waals surface area contributed by atoms with E-state index in [-0.39, 0.29) is 11.6 Å². The lowest BCUT2D eigenvalue weighted by molar-refractivity contribution is -0.0354. The van der Waals surface area contributed by atoms with Gasteiger partial charge in [-0.05, 0) is 33.1 Å². The molecule has 3 heteroatoms. The van der Waals surface area contributed by atoms with Gasteiger partial charge in [-0.1, -0.05) is 6.92 Å². The summed E-state index contributed by atoms with van der Waals surface area (Å²) in [6, 6.07) is 0.617. The third kappa shape index (κ3) is 2.35. The maximum atomic E-state index is 5.95. The fourth-order valence-corrected chi connectivity index (χ4v) is 2.78. The SMILES string of the molecule is COC(C)C(C)(CN)N1CC(C)CC1C. The largest absolute Gasteiger partial charge is 0.380 e. The average molecular weight is 214 g/mol. The molecule has 4 unspecified atom stereocenters. The monoisotopic (exact) mass is 214 g/mol. The number of hydrogen-bond donors (Lipinski definition) is 1. The van der Waals surface area contributed by atoms with Gasteiger partial charge >= 0.3 is 0 Å². The van der Waals surface area contributed by atoms with E-state index >= 15 is 0 Å². The Kier molecular flexibility index (Phi) is 4.15. The van der Waals surface area contributed by atoms with Crippen molar-refractivity contribution in [1.29, 1.82) is 0 Å². The molecule has 0 radical (unpaired) electrons. The van der Waals surface area contributed by atoms with Crippen molar-refractivity contribution in [2.24, 2.45) is 11.7 Å². The Bertz CT molecular complexity index is 210. The van der Waals surface area contributed by atoms with Crippen molar-refractivity contribution >= 4 is 0 Å². The van der Waals surface area contributed by atoms with Gasteiger partial charge in [0.25, 0.3) is 0 Å². The highest BCUT2D eigenvalue weighted by atomic mass is 16.5. The van der Waals surface area contributed by atoms with Crippen LogP contribution in [0.1, 0.15) is 34.1 Å². The van der Waals surface area contributed by atoms with Gasteiger partial charge in [0.2, 0.25) is 0 Å². The Labute approximate surface area is 94.0 Å². The number of nitrogens with two attached hydrogens (primary N) is 1. The lowest BCUT2D eigenvalue weighted by atomic mass is 9.92. The summed E-state index contributed by atoms with van der Waals surface area (Å²) in [7, 11) is 1.77. The summed E-state index contributed by atoms with van der Waals surface area (Å²) in [6.45, 7) is 10.7. The maximum absolute atomic E-state index is 5.95. The van der Waals surface area contributed by atoms with Crippen molar-refractivity contribution in [2.45, 2.75) is 51.8 Å². The molecule has 1 saturated heterocycles. The van der Waals surface area contributed by atoms with Crippen LogP contribution >= 0.6 is 0 Å². The van der Waals surface area contributed by atoms with Crippen LogP contribution in [0.5, 0.6) is 0 Å². The summed E-state index contributed by atoms with van der Waals surface area (Å²) < 4.78 is 5.48. The predicted octanol–water partition coefficient (Wildman–Crippen LogP) is 1.47. The van der Waals surface area contributed by atoms with Crippen LogP contribution in [0.2, 0.25) is 0 Å². The van der Waals surface area contributed by atoms with E-state index in [1.54, 1.807) is 7.11 Å². The van der Waals surface area contributed by atoms with Gasteiger partial charge in [0.15, 0.2) is 0 Å². The lowest BCUT2D eigenvalue weighted by Crippen LogP contribution is -2.59. The molecule has 1 aliphatic heterocycles. The topological polar surface area (TPSA) is 38.5 Å². The van der Waals surface area contributed by atoms with Crippen molar-refractivity contribution in [3.05, 3.63) is 0 Å². The van der Waals surface area contributed by atoms with Gasteiger partial charge in [-0.3, -0.25) is 4.90 Å². The van der Waals surface area contributed by atoms with Crippen LogP contribution in [0.3, 0.4) is 0 Å². The molecule has 0 bridgehead atoms. The highest BCUT2D eigenvalue weighted by Crippen LogP contribution is 2.32. The summed E-state index contributed by atoms with van der Waals surface area (Å²) in [4.78, 5) is 2.52. The lowest BCUT2D eigenvalue weighted by Gasteiger charge is -2.44. The molecule has 3 nitrogen and oxygen atoms in total. The summed E-state index contributed by atoms with van der Waals surface area (Å²) in [5, 5.41) is 0. The van der Waals surface area contributed by atoms with E-state index in [2.05, 4.69) is 32.6 Å². The smallest absolute Gasteiger partial charge is 0.0736 e. The van der Waals surface area contributed by atoms with Crippen molar-refractivity contribution in [3.8, 4) is 0 Å². The van der Waals surface area contributed by atoms with Crippen LogP contribution in [0.15, 0.2) is 0 Å². The number of likely N-dealkylation sites (tertiary alicyclic amines) is 1. The average Bonchev–Trinajstić information content (AvgIpc) is 2.55. The fourth-order valence-electron chi connectivity index (χ4n) is 2.78. The molecular weight excluding hydrogens is 188 g/mol. The van der Waals surface area contributed by atoms with Gasteiger partial charge in [0.05, 0.1) is 11.6 Å². The minimum atomic E-state index is -0.0288. The molecule has 0 aromatic rings.